The van der Waals surface area contributed by atoms with Crippen LogP contribution in [0, 0.1) is 0 Å². The Morgan fingerprint density at radius 2 is 1.75 bits per heavy atom. The number of aromatic nitrogens is 3. The molecule has 0 aliphatic carbocycles. The van der Waals surface area contributed by atoms with Gasteiger partial charge < -0.3 is 4.74 Å². The lowest BCUT2D eigenvalue weighted by atomic mass is 10.2. The van der Waals surface area contributed by atoms with Crippen molar-refractivity contribution < 1.29 is 4.74 Å². The SMILES string of the molecule is c1ccc(-c2nnc(SCC3CCCO3)n2-c2ccccc2)cc1. The molecule has 1 saturated heterocycles. The van der Waals surface area contributed by atoms with Crippen molar-refractivity contribution in [3.8, 4) is 17.1 Å². The maximum Gasteiger partial charge on any atom is 0.196 e. The Hall–Kier alpha value is -2.11. The summed E-state index contributed by atoms with van der Waals surface area (Å²) in [6.07, 6.45) is 2.63. The minimum absolute atomic E-state index is 0.330. The molecule has 1 atom stereocenters. The van der Waals surface area contributed by atoms with E-state index in [9.17, 15) is 0 Å². The third-order valence-corrected chi connectivity index (χ3v) is 5.16. The molecule has 1 aromatic heterocycles. The second-order valence-electron chi connectivity index (χ2n) is 5.79. The zero-order valence-electron chi connectivity index (χ0n) is 13.3. The quantitative estimate of drug-likeness (QED) is 0.654. The van der Waals surface area contributed by atoms with E-state index < -0.39 is 0 Å². The van der Waals surface area contributed by atoms with Gasteiger partial charge >= 0.3 is 0 Å². The van der Waals surface area contributed by atoms with E-state index in [-0.39, 0.29) is 0 Å². The van der Waals surface area contributed by atoms with Gasteiger partial charge in [0.05, 0.1) is 6.10 Å². The average Bonchev–Trinajstić information content (AvgIpc) is 3.31. The zero-order valence-corrected chi connectivity index (χ0v) is 14.2. The van der Waals surface area contributed by atoms with Crippen molar-refractivity contribution in [1.82, 2.24) is 14.8 Å². The third kappa shape index (κ3) is 3.23. The fraction of sp³-hybridized carbons (Fsp3) is 0.263. The van der Waals surface area contributed by atoms with Gasteiger partial charge in [0.25, 0.3) is 0 Å². The summed E-state index contributed by atoms with van der Waals surface area (Å²) < 4.78 is 7.87. The Morgan fingerprint density at radius 3 is 2.46 bits per heavy atom. The molecule has 4 nitrogen and oxygen atoms in total. The van der Waals surface area contributed by atoms with Crippen molar-refractivity contribution >= 4 is 11.8 Å². The Balaban J connectivity index is 1.69. The summed E-state index contributed by atoms with van der Waals surface area (Å²) in [6.45, 7) is 0.881. The normalized spacial score (nSPS) is 17.2. The molecule has 1 aliphatic rings. The number of para-hydroxylation sites is 1. The summed E-state index contributed by atoms with van der Waals surface area (Å²) in [4.78, 5) is 0. The Bertz CT molecular complexity index is 783. The number of rotatable bonds is 5. The number of ether oxygens (including phenoxy) is 1. The number of thioether (sulfide) groups is 1. The van der Waals surface area contributed by atoms with E-state index in [4.69, 9.17) is 4.74 Å². The maximum absolute atomic E-state index is 5.73. The third-order valence-electron chi connectivity index (χ3n) is 4.10. The number of nitrogens with zero attached hydrogens (tertiary/aromatic N) is 3. The predicted octanol–water partition coefficient (Wildman–Crippen LogP) is 4.21. The summed E-state index contributed by atoms with van der Waals surface area (Å²) in [7, 11) is 0. The molecule has 0 amide bonds. The first kappa shape index (κ1) is 15.4. The standard InChI is InChI=1S/C19H19N3OS/c1-3-8-15(9-4-1)18-20-21-19(24-14-17-12-7-13-23-17)22(18)16-10-5-2-6-11-16/h1-6,8-11,17H,7,12-14H2. The predicted molar refractivity (Wildman–Crippen MR) is 96.5 cm³/mol. The molecule has 2 aromatic carbocycles. The van der Waals surface area contributed by atoms with E-state index in [0.717, 1.165) is 47.4 Å². The lowest BCUT2D eigenvalue weighted by molar-refractivity contribution is 0.129. The molecule has 3 aromatic rings. The number of hydrogen-bond acceptors (Lipinski definition) is 4. The lowest BCUT2D eigenvalue weighted by Crippen LogP contribution is -2.09. The highest BCUT2D eigenvalue weighted by Crippen LogP contribution is 2.29. The van der Waals surface area contributed by atoms with Crippen LogP contribution >= 0.6 is 11.8 Å². The molecule has 1 unspecified atom stereocenters. The Labute approximate surface area is 145 Å². The zero-order chi connectivity index (χ0) is 16.2. The fourth-order valence-electron chi connectivity index (χ4n) is 2.89. The van der Waals surface area contributed by atoms with Gasteiger partial charge in [0, 0.05) is 23.6 Å². The van der Waals surface area contributed by atoms with Crippen LogP contribution in [0.5, 0.6) is 0 Å². The van der Waals surface area contributed by atoms with E-state index in [1.54, 1.807) is 11.8 Å². The van der Waals surface area contributed by atoms with Crippen LogP contribution < -0.4 is 0 Å². The molecule has 1 aliphatic heterocycles. The van der Waals surface area contributed by atoms with Crippen LogP contribution in [0.4, 0.5) is 0 Å². The van der Waals surface area contributed by atoms with Gasteiger partial charge in [-0.05, 0) is 25.0 Å². The van der Waals surface area contributed by atoms with Crippen LogP contribution in [0.3, 0.4) is 0 Å². The summed E-state index contributed by atoms with van der Waals surface area (Å²) in [5.41, 5.74) is 2.15. The largest absolute Gasteiger partial charge is 0.377 e. The smallest absolute Gasteiger partial charge is 0.196 e. The summed E-state index contributed by atoms with van der Waals surface area (Å²) in [6, 6.07) is 20.5. The summed E-state index contributed by atoms with van der Waals surface area (Å²) >= 11 is 1.72. The minimum Gasteiger partial charge on any atom is -0.377 e. The molecule has 0 radical (unpaired) electrons. The highest BCUT2D eigenvalue weighted by atomic mass is 32.2. The molecule has 24 heavy (non-hydrogen) atoms. The summed E-state index contributed by atoms with van der Waals surface area (Å²) in [5, 5.41) is 9.82. The maximum atomic E-state index is 5.73. The van der Waals surface area contributed by atoms with Crippen LogP contribution in [0.2, 0.25) is 0 Å². The van der Waals surface area contributed by atoms with Crippen molar-refractivity contribution in [3.05, 3.63) is 60.7 Å². The molecule has 0 saturated carbocycles. The van der Waals surface area contributed by atoms with Gasteiger partial charge in [0.1, 0.15) is 0 Å². The van der Waals surface area contributed by atoms with E-state index in [0.29, 0.717) is 6.10 Å². The average molecular weight is 337 g/mol. The van der Waals surface area contributed by atoms with Crippen molar-refractivity contribution in [3.63, 3.8) is 0 Å². The number of benzene rings is 2. The van der Waals surface area contributed by atoms with Crippen molar-refractivity contribution in [2.24, 2.45) is 0 Å². The first-order chi connectivity index (χ1) is 11.9. The van der Waals surface area contributed by atoms with Crippen LogP contribution in [0.15, 0.2) is 65.8 Å². The molecule has 1 fully saturated rings. The fourth-order valence-corrected chi connectivity index (χ4v) is 3.91. The van der Waals surface area contributed by atoms with Gasteiger partial charge in [-0.25, -0.2) is 0 Å². The van der Waals surface area contributed by atoms with Gasteiger partial charge in [-0.3, -0.25) is 4.57 Å². The highest BCUT2D eigenvalue weighted by molar-refractivity contribution is 7.99. The van der Waals surface area contributed by atoms with Gasteiger partial charge in [-0.1, -0.05) is 60.3 Å². The van der Waals surface area contributed by atoms with E-state index in [2.05, 4.69) is 39.0 Å². The molecular weight excluding hydrogens is 318 g/mol. The van der Waals surface area contributed by atoms with Crippen molar-refractivity contribution in [2.75, 3.05) is 12.4 Å². The first-order valence-corrected chi connectivity index (χ1v) is 9.21. The van der Waals surface area contributed by atoms with Crippen LogP contribution in [0.25, 0.3) is 17.1 Å². The van der Waals surface area contributed by atoms with Crippen molar-refractivity contribution in [1.29, 1.82) is 0 Å². The Kier molecular flexibility index (Phi) is 4.62. The molecule has 0 bridgehead atoms. The topological polar surface area (TPSA) is 39.9 Å². The summed E-state index contributed by atoms with van der Waals surface area (Å²) in [5.74, 6) is 1.79. The molecule has 0 N–H and O–H groups in total. The van der Waals surface area contributed by atoms with E-state index in [1.807, 2.05) is 36.4 Å². The second kappa shape index (κ2) is 7.20. The van der Waals surface area contributed by atoms with Gasteiger partial charge in [0.15, 0.2) is 11.0 Å². The Morgan fingerprint density at radius 1 is 1.00 bits per heavy atom. The van der Waals surface area contributed by atoms with Gasteiger partial charge in [-0.2, -0.15) is 0 Å². The van der Waals surface area contributed by atoms with Gasteiger partial charge in [0.2, 0.25) is 0 Å². The van der Waals surface area contributed by atoms with Crippen LogP contribution in [-0.2, 0) is 4.74 Å². The lowest BCUT2D eigenvalue weighted by Gasteiger charge is -2.12. The molecular formula is C19H19N3OS. The first-order valence-electron chi connectivity index (χ1n) is 8.22. The molecule has 122 valence electrons. The van der Waals surface area contributed by atoms with E-state index in [1.165, 1.54) is 0 Å². The highest BCUT2D eigenvalue weighted by Gasteiger charge is 2.20. The molecule has 2 heterocycles. The van der Waals surface area contributed by atoms with Crippen LogP contribution in [0.1, 0.15) is 12.8 Å². The minimum atomic E-state index is 0.330. The second-order valence-corrected chi connectivity index (χ2v) is 6.78. The monoisotopic (exact) mass is 337 g/mol. The number of hydrogen-bond donors (Lipinski definition) is 0. The van der Waals surface area contributed by atoms with E-state index >= 15 is 0 Å². The molecule has 0 spiro atoms. The van der Waals surface area contributed by atoms with Crippen molar-refractivity contribution in [2.45, 2.75) is 24.1 Å². The van der Waals surface area contributed by atoms with Crippen LogP contribution in [-0.4, -0.2) is 33.2 Å². The molecule has 4 rings (SSSR count). The van der Waals surface area contributed by atoms with Gasteiger partial charge in [-0.15, -0.1) is 10.2 Å². The molecule has 5 heteroatoms.